The minimum Gasteiger partial charge on any atom is -0.394 e. The maximum Gasteiger partial charge on any atom is 0.333 e. The molecule has 23 heavy (non-hydrogen) atoms. The van der Waals surface area contributed by atoms with Crippen molar-refractivity contribution in [1.29, 1.82) is 0 Å². The molecule has 1 saturated heterocycles. The molecule has 128 valence electrons. The van der Waals surface area contributed by atoms with Gasteiger partial charge in [0.15, 0.2) is 0 Å². The summed E-state index contributed by atoms with van der Waals surface area (Å²) in [5, 5.41) is 28.6. The Bertz CT molecular complexity index is 712. The van der Waals surface area contributed by atoms with Crippen LogP contribution >= 0.6 is 11.6 Å². The fourth-order valence-corrected chi connectivity index (χ4v) is 2.52. The summed E-state index contributed by atoms with van der Waals surface area (Å²) in [6, 6.07) is 0. The molecule has 0 aromatic carbocycles. The van der Waals surface area contributed by atoms with Crippen molar-refractivity contribution in [2.45, 2.75) is 44.4 Å². The summed E-state index contributed by atoms with van der Waals surface area (Å²) >= 11 is 5.59. The molecule has 1 aromatic rings. The molecule has 0 spiro atoms. The smallest absolute Gasteiger partial charge is 0.333 e. The summed E-state index contributed by atoms with van der Waals surface area (Å²) in [6.45, 7) is 4.18. The number of aromatic nitrogens is 2. The van der Waals surface area contributed by atoms with Gasteiger partial charge in [0, 0.05) is 23.2 Å². The molecule has 0 amide bonds. The van der Waals surface area contributed by atoms with Gasteiger partial charge in [-0.3, -0.25) is 13.9 Å². The lowest BCUT2D eigenvalue weighted by Gasteiger charge is -2.18. The number of nitrogens with zero attached hydrogens (tertiary/aromatic N) is 2. The summed E-state index contributed by atoms with van der Waals surface area (Å²) in [5.74, 6) is 0. The molecule has 0 aliphatic carbocycles. The first-order chi connectivity index (χ1) is 10.8. The van der Waals surface area contributed by atoms with E-state index in [9.17, 15) is 19.8 Å². The zero-order valence-corrected chi connectivity index (χ0v) is 13.3. The van der Waals surface area contributed by atoms with Crippen LogP contribution in [0.2, 0.25) is 0 Å². The van der Waals surface area contributed by atoms with Crippen LogP contribution in [0.25, 0.3) is 0 Å². The van der Waals surface area contributed by atoms with E-state index in [2.05, 4.69) is 6.58 Å². The Morgan fingerprint density at radius 1 is 1.57 bits per heavy atom. The molecule has 1 aliphatic heterocycles. The van der Waals surface area contributed by atoms with E-state index in [-0.39, 0.29) is 30.2 Å². The maximum absolute atomic E-state index is 12.5. The molecule has 4 atom stereocenters. The maximum atomic E-state index is 12.5. The van der Waals surface area contributed by atoms with Crippen LogP contribution in [0, 0.1) is 6.92 Å². The fourth-order valence-electron chi connectivity index (χ4n) is 2.45. The molecule has 0 saturated carbocycles. The van der Waals surface area contributed by atoms with Crippen LogP contribution in [0.5, 0.6) is 0 Å². The van der Waals surface area contributed by atoms with E-state index in [1.165, 1.54) is 17.7 Å². The van der Waals surface area contributed by atoms with E-state index in [1.807, 2.05) is 0 Å². The summed E-state index contributed by atoms with van der Waals surface area (Å²) in [4.78, 5) is 24.6. The van der Waals surface area contributed by atoms with Crippen LogP contribution in [-0.4, -0.2) is 49.4 Å². The van der Waals surface area contributed by atoms with Gasteiger partial charge in [-0.2, -0.15) is 0 Å². The molecule has 1 unspecified atom stereocenters. The number of halogens is 1. The summed E-state index contributed by atoms with van der Waals surface area (Å²) in [5.41, 5.74) is -0.989. The van der Waals surface area contributed by atoms with Gasteiger partial charge in [0.05, 0.1) is 19.3 Å². The molecule has 1 aromatic heterocycles. The van der Waals surface area contributed by atoms with E-state index in [1.54, 1.807) is 0 Å². The Balaban J connectivity index is 2.43. The van der Waals surface area contributed by atoms with Crippen LogP contribution in [0.4, 0.5) is 0 Å². The topological polar surface area (TPSA) is 114 Å². The first-order valence-corrected chi connectivity index (χ1v) is 7.43. The standard InChI is InChI=1S/C14H19ClN2O6/c1-7-4-16(12-3-9(19)11(6-18)23-12)14(22)17(13(7)21)5-10(20)8(2)15/h4,9-12,18-20H,2-3,5-6H2,1H3/t9-,10?,11+,12+/m0/s1. The van der Waals surface area contributed by atoms with Gasteiger partial charge in [-0.1, -0.05) is 18.2 Å². The Kier molecular flexibility index (Phi) is 5.43. The minimum atomic E-state index is -1.25. The van der Waals surface area contributed by atoms with Crippen LogP contribution in [0.1, 0.15) is 18.2 Å². The van der Waals surface area contributed by atoms with E-state index >= 15 is 0 Å². The number of aliphatic hydroxyl groups excluding tert-OH is 3. The van der Waals surface area contributed by atoms with Gasteiger partial charge in [-0.15, -0.1) is 0 Å². The molecule has 2 heterocycles. The van der Waals surface area contributed by atoms with Crippen molar-refractivity contribution >= 4 is 11.6 Å². The Hall–Kier alpha value is -1.45. The Labute approximate surface area is 136 Å². The normalized spacial score (nSPS) is 25.5. The highest BCUT2D eigenvalue weighted by atomic mass is 35.5. The summed E-state index contributed by atoms with van der Waals surface area (Å²) in [7, 11) is 0. The lowest BCUT2D eigenvalue weighted by atomic mass is 10.2. The first-order valence-electron chi connectivity index (χ1n) is 7.05. The van der Waals surface area contributed by atoms with Crippen LogP contribution in [0.3, 0.4) is 0 Å². The summed E-state index contributed by atoms with van der Waals surface area (Å²) in [6.07, 6.45) is -2.32. The van der Waals surface area contributed by atoms with Gasteiger partial charge in [0.25, 0.3) is 5.56 Å². The quantitative estimate of drug-likeness (QED) is 0.635. The number of aliphatic hydroxyl groups is 3. The Morgan fingerprint density at radius 3 is 2.74 bits per heavy atom. The second kappa shape index (κ2) is 6.98. The van der Waals surface area contributed by atoms with Crippen molar-refractivity contribution in [3.63, 3.8) is 0 Å². The van der Waals surface area contributed by atoms with Gasteiger partial charge in [-0.25, -0.2) is 4.79 Å². The van der Waals surface area contributed by atoms with Gasteiger partial charge in [0.1, 0.15) is 18.4 Å². The second-order valence-corrected chi connectivity index (χ2v) is 5.98. The molecule has 2 rings (SSSR count). The van der Waals surface area contributed by atoms with Crippen molar-refractivity contribution in [3.05, 3.63) is 44.2 Å². The molecule has 9 heteroatoms. The van der Waals surface area contributed by atoms with Crippen molar-refractivity contribution in [3.8, 4) is 0 Å². The number of hydrogen-bond donors (Lipinski definition) is 3. The predicted octanol–water partition coefficient (Wildman–Crippen LogP) is -0.927. The van der Waals surface area contributed by atoms with Gasteiger partial charge >= 0.3 is 5.69 Å². The molecule has 3 N–H and O–H groups in total. The van der Waals surface area contributed by atoms with Crippen LogP contribution < -0.4 is 11.2 Å². The zero-order chi connectivity index (χ0) is 17.3. The van der Waals surface area contributed by atoms with E-state index < -0.39 is 35.8 Å². The van der Waals surface area contributed by atoms with Crippen LogP contribution in [0.15, 0.2) is 27.4 Å². The van der Waals surface area contributed by atoms with Crippen molar-refractivity contribution in [2.75, 3.05) is 6.61 Å². The first kappa shape index (κ1) is 17.9. The molecule has 1 fully saturated rings. The minimum absolute atomic E-state index is 0.0859. The average Bonchev–Trinajstić information content (AvgIpc) is 2.87. The zero-order valence-electron chi connectivity index (χ0n) is 12.6. The molecule has 1 aliphatic rings. The number of rotatable bonds is 5. The fraction of sp³-hybridized carbons (Fsp3) is 0.571. The van der Waals surface area contributed by atoms with Crippen molar-refractivity contribution in [2.24, 2.45) is 0 Å². The third-order valence-corrected chi connectivity index (χ3v) is 4.03. The van der Waals surface area contributed by atoms with Gasteiger partial charge in [0.2, 0.25) is 0 Å². The SMILES string of the molecule is C=C(Cl)C(O)Cn1c(=O)c(C)cn([C@H]2C[C@H](O)[C@@H](CO)O2)c1=O. The number of ether oxygens (including phenoxy) is 1. The Morgan fingerprint density at radius 2 is 2.22 bits per heavy atom. The monoisotopic (exact) mass is 346 g/mol. The molecular weight excluding hydrogens is 328 g/mol. The van der Waals surface area contributed by atoms with Crippen molar-refractivity contribution < 1.29 is 20.1 Å². The van der Waals surface area contributed by atoms with Crippen molar-refractivity contribution in [1.82, 2.24) is 9.13 Å². The highest BCUT2D eigenvalue weighted by Gasteiger charge is 2.35. The van der Waals surface area contributed by atoms with Crippen LogP contribution in [-0.2, 0) is 11.3 Å². The van der Waals surface area contributed by atoms with Gasteiger partial charge in [-0.05, 0) is 6.92 Å². The number of aryl methyl sites for hydroxylation is 1. The highest BCUT2D eigenvalue weighted by molar-refractivity contribution is 6.29. The van der Waals surface area contributed by atoms with E-state index in [0.717, 1.165) is 4.57 Å². The number of hydrogen-bond acceptors (Lipinski definition) is 6. The third-order valence-electron chi connectivity index (χ3n) is 3.78. The lowest BCUT2D eigenvalue weighted by molar-refractivity contribution is -0.0464. The molecule has 0 radical (unpaired) electrons. The second-order valence-electron chi connectivity index (χ2n) is 5.50. The predicted molar refractivity (Wildman–Crippen MR) is 82.3 cm³/mol. The summed E-state index contributed by atoms with van der Waals surface area (Å²) < 4.78 is 7.44. The third kappa shape index (κ3) is 3.56. The lowest BCUT2D eigenvalue weighted by Crippen LogP contribution is -2.44. The molecule has 0 bridgehead atoms. The van der Waals surface area contributed by atoms with E-state index in [0.29, 0.717) is 0 Å². The largest absolute Gasteiger partial charge is 0.394 e. The highest BCUT2D eigenvalue weighted by Crippen LogP contribution is 2.27. The van der Waals surface area contributed by atoms with Gasteiger partial charge < -0.3 is 20.1 Å². The molecule has 8 nitrogen and oxygen atoms in total. The molecular formula is C14H19ClN2O6. The average molecular weight is 347 g/mol. The van der Waals surface area contributed by atoms with E-state index in [4.69, 9.17) is 21.4 Å².